The van der Waals surface area contributed by atoms with Crippen LogP contribution in [0.1, 0.15) is 6.42 Å². The lowest BCUT2D eigenvalue weighted by Crippen LogP contribution is -2.22. The van der Waals surface area contributed by atoms with Gasteiger partial charge in [-0.1, -0.05) is 0 Å². The molecule has 1 saturated heterocycles. The van der Waals surface area contributed by atoms with Gasteiger partial charge in [-0.15, -0.1) is 0 Å². The van der Waals surface area contributed by atoms with Crippen LogP contribution in [0.4, 0.5) is 0 Å². The van der Waals surface area contributed by atoms with E-state index in [1.54, 1.807) is 0 Å². The lowest BCUT2D eigenvalue weighted by Gasteiger charge is -2.10. The first kappa shape index (κ1) is 9.31. The molecule has 1 aliphatic heterocycles. The van der Waals surface area contributed by atoms with Gasteiger partial charge >= 0.3 is 0 Å². The highest BCUT2D eigenvalue weighted by atomic mass is 16.7. The third-order valence-corrected chi connectivity index (χ3v) is 1.67. The van der Waals surface area contributed by atoms with Gasteiger partial charge in [-0.2, -0.15) is 0 Å². The fourth-order valence-electron chi connectivity index (χ4n) is 1.03. The summed E-state index contributed by atoms with van der Waals surface area (Å²) in [5.41, 5.74) is 0. The molecule has 1 aliphatic rings. The summed E-state index contributed by atoms with van der Waals surface area (Å²) in [6, 6.07) is 0. The summed E-state index contributed by atoms with van der Waals surface area (Å²) in [4.78, 5) is 0. The van der Waals surface area contributed by atoms with Crippen LogP contribution in [0.2, 0.25) is 0 Å². The Hall–Kier alpha value is -0.780. The van der Waals surface area contributed by atoms with Gasteiger partial charge in [-0.05, 0) is 0 Å². The maximum absolute atomic E-state index is 9.23. The maximum atomic E-state index is 9.23. The van der Waals surface area contributed by atoms with Crippen molar-refractivity contribution in [2.75, 3.05) is 13.7 Å². The molecule has 70 valence electrons. The minimum absolute atomic E-state index is 0.172. The Morgan fingerprint density at radius 3 is 2.83 bits per heavy atom. The van der Waals surface area contributed by atoms with Gasteiger partial charge < -0.3 is 24.8 Å². The summed E-state index contributed by atoms with van der Waals surface area (Å²) in [5, 5.41) is 26.8. The lowest BCUT2D eigenvalue weighted by atomic mass is 10.2. The molecule has 0 aromatic heterocycles. The molecule has 0 amide bonds. The van der Waals surface area contributed by atoms with E-state index in [0.29, 0.717) is 0 Å². The second kappa shape index (κ2) is 3.75. The summed E-state index contributed by atoms with van der Waals surface area (Å²) in [5.74, 6) is -0.0644. The molecule has 3 N–H and O–H groups in total. The number of aliphatic hydroxyl groups excluding tert-OH is 3. The van der Waals surface area contributed by atoms with Crippen LogP contribution in [0.5, 0.6) is 0 Å². The van der Waals surface area contributed by atoms with Crippen molar-refractivity contribution in [2.24, 2.45) is 0 Å². The molecule has 0 aliphatic carbocycles. The van der Waals surface area contributed by atoms with Gasteiger partial charge in [0.15, 0.2) is 5.76 Å². The lowest BCUT2D eigenvalue weighted by molar-refractivity contribution is -0.120. The summed E-state index contributed by atoms with van der Waals surface area (Å²) >= 11 is 0. The zero-order valence-electron chi connectivity index (χ0n) is 6.73. The third-order valence-electron chi connectivity index (χ3n) is 1.67. The van der Waals surface area contributed by atoms with E-state index in [2.05, 4.69) is 0 Å². The van der Waals surface area contributed by atoms with Crippen LogP contribution in [0.15, 0.2) is 11.5 Å². The minimum atomic E-state index is -0.779. The molecule has 12 heavy (non-hydrogen) atoms. The van der Waals surface area contributed by atoms with Gasteiger partial charge in [0.25, 0.3) is 0 Å². The van der Waals surface area contributed by atoms with E-state index in [1.165, 1.54) is 7.11 Å². The number of hydrogen-bond acceptors (Lipinski definition) is 5. The molecule has 0 bridgehead atoms. The summed E-state index contributed by atoms with van der Waals surface area (Å²) in [6.07, 6.45) is -1.35. The molecule has 2 atom stereocenters. The first-order valence-electron chi connectivity index (χ1n) is 3.58. The Morgan fingerprint density at radius 2 is 2.42 bits per heavy atom. The van der Waals surface area contributed by atoms with Crippen molar-refractivity contribution >= 4 is 0 Å². The standard InChI is InChI=1S/C7H12O5/c1-11-7-4(9)2-6(12-7)5(10)3-8/h4,7-10H,2-3H2,1H3/b6-5-. The molecular formula is C7H12O5. The molecule has 0 aromatic rings. The largest absolute Gasteiger partial charge is 0.507 e. The fourth-order valence-corrected chi connectivity index (χ4v) is 1.03. The van der Waals surface area contributed by atoms with Gasteiger partial charge in [0.05, 0.1) is 0 Å². The summed E-state index contributed by atoms with van der Waals surface area (Å²) in [6.45, 7) is -0.488. The van der Waals surface area contributed by atoms with Gasteiger partial charge in [0.2, 0.25) is 6.29 Å². The molecular weight excluding hydrogens is 164 g/mol. The number of rotatable bonds is 2. The first-order chi connectivity index (χ1) is 5.69. The molecule has 0 aromatic carbocycles. The number of aliphatic hydroxyl groups is 3. The normalized spacial score (nSPS) is 33.2. The van der Waals surface area contributed by atoms with E-state index in [1.807, 2.05) is 0 Å². The number of hydrogen-bond donors (Lipinski definition) is 3. The number of methoxy groups -OCH3 is 1. The van der Waals surface area contributed by atoms with Crippen molar-refractivity contribution in [2.45, 2.75) is 18.8 Å². The summed E-state index contributed by atoms with van der Waals surface area (Å²) < 4.78 is 9.72. The summed E-state index contributed by atoms with van der Waals surface area (Å²) in [7, 11) is 1.40. The van der Waals surface area contributed by atoms with Crippen molar-refractivity contribution in [3.63, 3.8) is 0 Å². The van der Waals surface area contributed by atoms with E-state index in [0.717, 1.165) is 0 Å². The highest BCUT2D eigenvalue weighted by Gasteiger charge is 2.32. The van der Waals surface area contributed by atoms with E-state index >= 15 is 0 Å². The highest BCUT2D eigenvalue weighted by molar-refractivity contribution is 5.06. The van der Waals surface area contributed by atoms with Gasteiger partial charge in [0, 0.05) is 13.5 Å². The minimum Gasteiger partial charge on any atom is -0.507 e. The predicted octanol–water partition coefficient (Wildman–Crippen LogP) is -0.498. The van der Waals surface area contributed by atoms with Crippen LogP contribution in [-0.2, 0) is 9.47 Å². The van der Waals surface area contributed by atoms with Gasteiger partial charge in [0.1, 0.15) is 18.5 Å². The second-order valence-corrected chi connectivity index (χ2v) is 2.52. The Morgan fingerprint density at radius 1 is 1.75 bits per heavy atom. The van der Waals surface area contributed by atoms with Crippen LogP contribution < -0.4 is 0 Å². The molecule has 5 heteroatoms. The average Bonchev–Trinajstić information content (AvgIpc) is 2.45. The van der Waals surface area contributed by atoms with E-state index in [-0.39, 0.29) is 17.9 Å². The third kappa shape index (κ3) is 1.69. The predicted molar refractivity (Wildman–Crippen MR) is 39.2 cm³/mol. The Balaban J connectivity index is 2.65. The zero-order valence-corrected chi connectivity index (χ0v) is 6.73. The Bertz CT molecular complexity index is 188. The number of ether oxygens (including phenoxy) is 2. The van der Waals surface area contributed by atoms with Crippen LogP contribution in [0.3, 0.4) is 0 Å². The zero-order chi connectivity index (χ0) is 9.14. The van der Waals surface area contributed by atoms with Crippen LogP contribution in [0, 0.1) is 0 Å². The van der Waals surface area contributed by atoms with Crippen molar-refractivity contribution in [1.29, 1.82) is 0 Å². The average molecular weight is 176 g/mol. The SMILES string of the molecule is COC1O/C(=C(\O)CO)CC1O. The first-order valence-corrected chi connectivity index (χ1v) is 3.58. The molecule has 1 rings (SSSR count). The van der Waals surface area contributed by atoms with E-state index in [4.69, 9.17) is 19.7 Å². The molecule has 2 unspecified atom stereocenters. The van der Waals surface area contributed by atoms with E-state index in [9.17, 15) is 5.11 Å². The molecule has 1 fully saturated rings. The van der Waals surface area contributed by atoms with Gasteiger partial charge in [-0.25, -0.2) is 0 Å². The van der Waals surface area contributed by atoms with Crippen molar-refractivity contribution in [3.8, 4) is 0 Å². The van der Waals surface area contributed by atoms with Crippen LogP contribution in [-0.4, -0.2) is 41.4 Å². The fraction of sp³-hybridized carbons (Fsp3) is 0.714. The molecule has 0 spiro atoms. The molecule has 0 saturated carbocycles. The second-order valence-electron chi connectivity index (χ2n) is 2.52. The highest BCUT2D eigenvalue weighted by Crippen LogP contribution is 2.25. The molecule has 0 radical (unpaired) electrons. The smallest absolute Gasteiger partial charge is 0.225 e. The van der Waals surface area contributed by atoms with Crippen molar-refractivity contribution in [3.05, 3.63) is 11.5 Å². The van der Waals surface area contributed by atoms with Crippen molar-refractivity contribution < 1.29 is 24.8 Å². The molecule has 5 nitrogen and oxygen atoms in total. The Kier molecular flexibility index (Phi) is 2.91. The molecule has 1 heterocycles. The van der Waals surface area contributed by atoms with Crippen LogP contribution >= 0.6 is 0 Å². The van der Waals surface area contributed by atoms with E-state index < -0.39 is 19.0 Å². The quantitative estimate of drug-likeness (QED) is 0.494. The monoisotopic (exact) mass is 176 g/mol. The topological polar surface area (TPSA) is 79.2 Å². The van der Waals surface area contributed by atoms with Crippen LogP contribution in [0.25, 0.3) is 0 Å². The van der Waals surface area contributed by atoms with Crippen molar-refractivity contribution in [1.82, 2.24) is 0 Å². The van der Waals surface area contributed by atoms with Gasteiger partial charge in [-0.3, -0.25) is 0 Å². The Labute approximate surface area is 69.8 Å². The maximum Gasteiger partial charge on any atom is 0.225 e.